The zero-order chi connectivity index (χ0) is 15.9. The van der Waals surface area contributed by atoms with Gasteiger partial charge in [-0.05, 0) is 45.7 Å². The van der Waals surface area contributed by atoms with Gasteiger partial charge in [-0.3, -0.25) is 0 Å². The normalized spacial score (nSPS) is 13.9. The molecule has 0 aromatic carbocycles. The van der Waals surface area contributed by atoms with E-state index >= 15 is 0 Å². The van der Waals surface area contributed by atoms with Crippen molar-refractivity contribution in [3.05, 3.63) is 0 Å². The molecule has 0 saturated carbocycles. The summed E-state index contributed by atoms with van der Waals surface area (Å²) in [5, 5.41) is 0. The second-order valence-electron chi connectivity index (χ2n) is 7.58. The van der Waals surface area contributed by atoms with Gasteiger partial charge in [-0.25, -0.2) is 0 Å². The van der Waals surface area contributed by atoms with E-state index in [1.165, 1.54) is 19.3 Å². The Bertz CT molecular complexity index is 243. The average molecular weight is 337 g/mol. The van der Waals surface area contributed by atoms with Gasteiger partial charge in [-0.1, -0.05) is 26.2 Å². The molecule has 0 aliphatic heterocycles. The molecule has 0 aromatic rings. The van der Waals surface area contributed by atoms with Crippen molar-refractivity contribution in [1.82, 2.24) is 0 Å². The van der Waals surface area contributed by atoms with E-state index in [2.05, 4.69) is 46.2 Å². The first-order valence-electron chi connectivity index (χ1n) is 7.93. The quantitative estimate of drug-likeness (QED) is 0.327. The molecule has 6 heteroatoms. The molecule has 0 rings (SSSR count). The summed E-state index contributed by atoms with van der Waals surface area (Å²) in [6.07, 6.45) is 5.92. The van der Waals surface area contributed by atoms with Crippen molar-refractivity contribution in [2.75, 3.05) is 6.61 Å². The zero-order valence-corrected chi connectivity index (χ0v) is 19.0. The van der Waals surface area contributed by atoms with Crippen LogP contribution in [0.2, 0.25) is 39.3 Å². The molecule has 0 bridgehead atoms. The van der Waals surface area contributed by atoms with E-state index in [0.29, 0.717) is 6.61 Å². The van der Waals surface area contributed by atoms with Crippen LogP contribution in [0.15, 0.2) is 0 Å². The minimum Gasteiger partial charge on any atom is -0.423 e. The number of unbranched alkanes of at least 4 members (excludes halogenated alkanes) is 3. The highest BCUT2D eigenvalue weighted by molar-refractivity contribution is 6.71. The van der Waals surface area contributed by atoms with E-state index in [-0.39, 0.29) is 0 Å². The minimum absolute atomic E-state index is 0.496. The third-order valence-electron chi connectivity index (χ3n) is 2.76. The standard InChI is InChI=1S/C14H36O3Si3/c1-8-9-10-11-12-14(13-15-18,16-19(2,3)4)17-20(5,6)7/h8-13H2,1-7,18H3. The second kappa shape index (κ2) is 8.85. The summed E-state index contributed by atoms with van der Waals surface area (Å²) in [7, 11) is -2.60. The Morgan fingerprint density at radius 3 is 1.70 bits per heavy atom. The minimum atomic E-state index is -1.67. The molecule has 0 aliphatic carbocycles. The van der Waals surface area contributed by atoms with Crippen LogP contribution in [0.1, 0.15) is 39.0 Å². The molecular weight excluding hydrogens is 300 g/mol. The Balaban J connectivity index is 4.91. The molecule has 0 radical (unpaired) electrons. The van der Waals surface area contributed by atoms with Gasteiger partial charge in [0, 0.05) is 6.42 Å². The highest BCUT2D eigenvalue weighted by Crippen LogP contribution is 2.30. The fourth-order valence-electron chi connectivity index (χ4n) is 2.41. The Labute approximate surface area is 131 Å². The van der Waals surface area contributed by atoms with Gasteiger partial charge in [0.05, 0.1) is 6.61 Å². The van der Waals surface area contributed by atoms with E-state index < -0.39 is 22.4 Å². The van der Waals surface area contributed by atoms with Crippen LogP contribution >= 0.6 is 0 Å². The first-order chi connectivity index (χ1) is 9.04. The third-order valence-corrected chi connectivity index (χ3v) is 5.02. The topological polar surface area (TPSA) is 27.7 Å². The molecule has 0 aromatic heterocycles. The molecule has 0 unspecified atom stereocenters. The van der Waals surface area contributed by atoms with Crippen molar-refractivity contribution < 1.29 is 13.3 Å². The summed E-state index contributed by atoms with van der Waals surface area (Å²) in [5.41, 5.74) is 0. The van der Waals surface area contributed by atoms with Crippen LogP contribution in [0.3, 0.4) is 0 Å². The van der Waals surface area contributed by atoms with E-state index in [9.17, 15) is 0 Å². The van der Waals surface area contributed by atoms with Crippen LogP contribution in [-0.2, 0) is 13.3 Å². The number of hydrogen-bond donors (Lipinski definition) is 0. The van der Waals surface area contributed by atoms with Gasteiger partial charge in [0.1, 0.15) is 10.5 Å². The second-order valence-corrected chi connectivity index (χ2v) is 17.0. The first-order valence-corrected chi connectivity index (χ1v) is 15.6. The van der Waals surface area contributed by atoms with Gasteiger partial charge >= 0.3 is 0 Å². The van der Waals surface area contributed by atoms with Crippen molar-refractivity contribution in [2.45, 2.75) is 84.1 Å². The van der Waals surface area contributed by atoms with Crippen molar-refractivity contribution in [3.63, 3.8) is 0 Å². The summed E-state index contributed by atoms with van der Waals surface area (Å²) < 4.78 is 18.5. The summed E-state index contributed by atoms with van der Waals surface area (Å²) in [5.74, 6) is -0.496. The Morgan fingerprint density at radius 1 is 0.850 bits per heavy atom. The molecule has 122 valence electrons. The number of hydrogen-bond acceptors (Lipinski definition) is 3. The van der Waals surface area contributed by atoms with Crippen LogP contribution in [0.25, 0.3) is 0 Å². The fourth-order valence-corrected chi connectivity index (χ4v) is 5.57. The van der Waals surface area contributed by atoms with Gasteiger partial charge in [0.15, 0.2) is 22.4 Å². The van der Waals surface area contributed by atoms with Crippen molar-refractivity contribution in [2.24, 2.45) is 0 Å². The highest BCUT2D eigenvalue weighted by Gasteiger charge is 2.40. The number of rotatable bonds is 11. The lowest BCUT2D eigenvalue weighted by molar-refractivity contribution is -0.156. The van der Waals surface area contributed by atoms with Crippen LogP contribution < -0.4 is 0 Å². The molecule has 0 atom stereocenters. The van der Waals surface area contributed by atoms with E-state index in [4.69, 9.17) is 13.3 Å². The highest BCUT2D eigenvalue weighted by atomic mass is 28.4. The van der Waals surface area contributed by atoms with Gasteiger partial charge in [-0.15, -0.1) is 0 Å². The van der Waals surface area contributed by atoms with Crippen LogP contribution in [0.4, 0.5) is 0 Å². The smallest absolute Gasteiger partial charge is 0.187 e. The molecule has 3 nitrogen and oxygen atoms in total. The molecule has 0 amide bonds. The van der Waals surface area contributed by atoms with Gasteiger partial charge < -0.3 is 13.3 Å². The van der Waals surface area contributed by atoms with Gasteiger partial charge in [-0.2, -0.15) is 0 Å². The third kappa shape index (κ3) is 10.3. The summed E-state index contributed by atoms with van der Waals surface area (Å²) in [6, 6.07) is 0. The van der Waals surface area contributed by atoms with Gasteiger partial charge in [0.2, 0.25) is 0 Å². The van der Waals surface area contributed by atoms with Crippen LogP contribution in [0, 0.1) is 0 Å². The summed E-state index contributed by atoms with van der Waals surface area (Å²) in [6.45, 7) is 16.2. The maximum atomic E-state index is 6.47. The Morgan fingerprint density at radius 2 is 1.35 bits per heavy atom. The lowest BCUT2D eigenvalue weighted by atomic mass is 10.1. The van der Waals surface area contributed by atoms with Crippen LogP contribution in [0.5, 0.6) is 0 Å². The van der Waals surface area contributed by atoms with Crippen LogP contribution in [-0.4, -0.2) is 39.5 Å². The Kier molecular flexibility index (Phi) is 9.08. The fraction of sp³-hybridized carbons (Fsp3) is 1.00. The van der Waals surface area contributed by atoms with Crippen molar-refractivity contribution in [1.29, 1.82) is 0 Å². The molecule has 0 saturated heterocycles. The summed E-state index contributed by atoms with van der Waals surface area (Å²) in [4.78, 5) is 0. The molecular formula is C14H36O3Si3. The molecule has 0 spiro atoms. The monoisotopic (exact) mass is 336 g/mol. The Hall–Kier alpha value is 0.531. The average Bonchev–Trinajstić information content (AvgIpc) is 2.20. The van der Waals surface area contributed by atoms with E-state index in [1.54, 1.807) is 0 Å². The van der Waals surface area contributed by atoms with Crippen molar-refractivity contribution in [3.8, 4) is 0 Å². The summed E-state index contributed by atoms with van der Waals surface area (Å²) >= 11 is 0. The predicted octanol–water partition coefficient (Wildman–Crippen LogP) is 3.65. The van der Waals surface area contributed by atoms with Crippen molar-refractivity contribution >= 4 is 27.1 Å². The lowest BCUT2D eigenvalue weighted by Crippen LogP contribution is -2.53. The maximum Gasteiger partial charge on any atom is 0.187 e. The van der Waals surface area contributed by atoms with E-state index in [1.807, 2.05) is 0 Å². The SMILES string of the molecule is CCCCCCC(CO[SiH3])(O[Si](C)(C)C)O[Si](C)(C)C. The molecule has 0 aliphatic rings. The zero-order valence-electron chi connectivity index (χ0n) is 15.0. The lowest BCUT2D eigenvalue weighted by Gasteiger charge is -2.43. The van der Waals surface area contributed by atoms with E-state index in [0.717, 1.165) is 23.3 Å². The first kappa shape index (κ1) is 20.5. The van der Waals surface area contributed by atoms with Gasteiger partial charge in [0.25, 0.3) is 0 Å². The molecule has 0 heterocycles. The largest absolute Gasteiger partial charge is 0.423 e. The molecule has 0 N–H and O–H groups in total. The molecule has 0 fully saturated rings. The predicted molar refractivity (Wildman–Crippen MR) is 96.2 cm³/mol. The maximum absolute atomic E-state index is 6.47. The molecule has 20 heavy (non-hydrogen) atoms.